The molecule has 0 amide bonds. The van der Waals surface area contributed by atoms with Crippen molar-refractivity contribution in [3.05, 3.63) is 40.3 Å². The molecule has 1 N–H and O–H groups in total. The van der Waals surface area contributed by atoms with E-state index >= 15 is 0 Å². The largest absolute Gasteiger partial charge is 0.390 e. The monoisotopic (exact) mass is 300 g/mol. The van der Waals surface area contributed by atoms with Gasteiger partial charge in [0.25, 0.3) is 0 Å². The van der Waals surface area contributed by atoms with E-state index in [0.717, 1.165) is 4.88 Å². The second-order valence-corrected chi connectivity index (χ2v) is 7.35. The van der Waals surface area contributed by atoms with Crippen molar-refractivity contribution >= 4 is 21.4 Å². The van der Waals surface area contributed by atoms with Gasteiger partial charge in [0.05, 0.1) is 6.61 Å². The van der Waals surface area contributed by atoms with Gasteiger partial charge in [-0.3, -0.25) is 0 Å². The Labute approximate surface area is 116 Å². The minimum absolute atomic E-state index is 0.180. The molecular formula is C12H16N2O3S2. The van der Waals surface area contributed by atoms with E-state index in [1.54, 1.807) is 18.7 Å². The number of rotatable bonds is 5. The number of thiophene rings is 1. The van der Waals surface area contributed by atoms with Gasteiger partial charge in [0.1, 0.15) is 4.90 Å². The molecule has 2 rings (SSSR count). The standard InChI is InChI=1S/C12H16N2O3S2/c1-13-8-12(6-10(13)9-15)19(16,17)14(2)7-11-4-3-5-18-11/h3-6,8,15H,7,9H2,1-2H3. The van der Waals surface area contributed by atoms with Gasteiger partial charge in [-0.1, -0.05) is 6.07 Å². The lowest BCUT2D eigenvalue weighted by molar-refractivity contribution is 0.272. The Morgan fingerprint density at radius 3 is 2.74 bits per heavy atom. The van der Waals surface area contributed by atoms with Crippen LogP contribution in [0.15, 0.2) is 34.7 Å². The number of aliphatic hydroxyl groups is 1. The van der Waals surface area contributed by atoms with Crippen LogP contribution in [-0.2, 0) is 30.2 Å². The maximum absolute atomic E-state index is 12.4. The van der Waals surface area contributed by atoms with Crippen molar-refractivity contribution in [1.82, 2.24) is 8.87 Å². The SMILES string of the molecule is CN(Cc1cccs1)S(=O)(=O)c1cc(CO)n(C)c1. The average molecular weight is 300 g/mol. The van der Waals surface area contributed by atoms with E-state index in [4.69, 9.17) is 5.11 Å². The van der Waals surface area contributed by atoms with Crippen molar-refractivity contribution in [1.29, 1.82) is 0 Å². The number of aromatic nitrogens is 1. The van der Waals surface area contributed by atoms with E-state index < -0.39 is 10.0 Å². The van der Waals surface area contributed by atoms with E-state index in [9.17, 15) is 8.42 Å². The van der Waals surface area contributed by atoms with Gasteiger partial charge in [-0.25, -0.2) is 8.42 Å². The molecule has 104 valence electrons. The molecule has 0 aromatic carbocycles. The van der Waals surface area contributed by atoms with Crippen LogP contribution < -0.4 is 0 Å². The fraction of sp³-hybridized carbons (Fsp3) is 0.333. The summed E-state index contributed by atoms with van der Waals surface area (Å²) in [5.41, 5.74) is 0.572. The molecule has 0 saturated heterocycles. The molecule has 7 heteroatoms. The first-order chi connectivity index (χ1) is 8.95. The maximum Gasteiger partial charge on any atom is 0.244 e. The summed E-state index contributed by atoms with van der Waals surface area (Å²) in [6, 6.07) is 5.30. The van der Waals surface area contributed by atoms with E-state index in [-0.39, 0.29) is 11.5 Å². The van der Waals surface area contributed by atoms with Gasteiger partial charge in [-0.05, 0) is 17.5 Å². The molecular weight excluding hydrogens is 284 g/mol. The van der Waals surface area contributed by atoms with Crippen LogP contribution in [0.2, 0.25) is 0 Å². The Morgan fingerprint density at radius 2 is 2.21 bits per heavy atom. The number of aliphatic hydroxyl groups excluding tert-OH is 1. The number of hydrogen-bond donors (Lipinski definition) is 1. The number of nitrogens with zero attached hydrogens (tertiary/aromatic N) is 2. The molecule has 0 aliphatic rings. The van der Waals surface area contributed by atoms with E-state index in [2.05, 4.69) is 0 Å². The third-order valence-corrected chi connectivity index (χ3v) is 5.54. The second-order valence-electron chi connectivity index (χ2n) is 4.28. The lowest BCUT2D eigenvalue weighted by Crippen LogP contribution is -2.25. The summed E-state index contributed by atoms with van der Waals surface area (Å²) in [5, 5.41) is 11.0. The number of sulfonamides is 1. The predicted octanol–water partition coefficient (Wildman–Crippen LogP) is 1.40. The minimum Gasteiger partial charge on any atom is -0.390 e. The first kappa shape index (κ1) is 14.3. The van der Waals surface area contributed by atoms with Crippen molar-refractivity contribution in [3.8, 4) is 0 Å². The minimum atomic E-state index is -3.52. The highest BCUT2D eigenvalue weighted by Gasteiger charge is 2.23. The van der Waals surface area contributed by atoms with E-state index in [1.807, 2.05) is 17.5 Å². The Kier molecular flexibility index (Phi) is 4.10. The van der Waals surface area contributed by atoms with Crippen molar-refractivity contribution in [3.63, 3.8) is 0 Å². The quantitative estimate of drug-likeness (QED) is 0.908. The summed E-state index contributed by atoms with van der Waals surface area (Å²) >= 11 is 1.52. The van der Waals surface area contributed by atoms with Gasteiger partial charge < -0.3 is 9.67 Å². The van der Waals surface area contributed by atoms with Gasteiger partial charge in [0, 0.05) is 37.4 Å². The third kappa shape index (κ3) is 2.89. The summed E-state index contributed by atoms with van der Waals surface area (Å²) in [4.78, 5) is 1.20. The zero-order valence-corrected chi connectivity index (χ0v) is 12.4. The second kappa shape index (κ2) is 5.46. The molecule has 0 spiro atoms. The molecule has 19 heavy (non-hydrogen) atoms. The van der Waals surface area contributed by atoms with Crippen LogP contribution in [0.1, 0.15) is 10.6 Å². The van der Waals surface area contributed by atoms with Gasteiger partial charge >= 0.3 is 0 Å². The molecule has 0 saturated carbocycles. The third-order valence-electron chi connectivity index (χ3n) is 2.91. The molecule has 0 aliphatic carbocycles. The molecule has 5 nitrogen and oxygen atoms in total. The van der Waals surface area contributed by atoms with Gasteiger partial charge in [-0.15, -0.1) is 11.3 Å². The summed E-state index contributed by atoms with van der Waals surface area (Å²) in [6.07, 6.45) is 1.52. The predicted molar refractivity (Wildman–Crippen MR) is 74.3 cm³/mol. The Balaban J connectivity index is 2.25. The summed E-state index contributed by atoms with van der Waals surface area (Å²) in [5.74, 6) is 0. The number of hydrogen-bond acceptors (Lipinski definition) is 4. The normalized spacial score (nSPS) is 12.2. The van der Waals surface area contributed by atoms with Crippen LogP contribution in [0.3, 0.4) is 0 Å². The highest BCUT2D eigenvalue weighted by atomic mass is 32.2. The van der Waals surface area contributed by atoms with Gasteiger partial charge in [0.2, 0.25) is 10.0 Å². The molecule has 2 heterocycles. The topological polar surface area (TPSA) is 62.5 Å². The van der Waals surface area contributed by atoms with E-state index in [1.165, 1.54) is 27.9 Å². The van der Waals surface area contributed by atoms with Crippen molar-refractivity contribution in [2.24, 2.45) is 7.05 Å². The van der Waals surface area contributed by atoms with Crippen LogP contribution in [-0.4, -0.2) is 29.4 Å². The molecule has 0 unspecified atom stereocenters. The van der Waals surface area contributed by atoms with Crippen LogP contribution >= 0.6 is 11.3 Å². The first-order valence-electron chi connectivity index (χ1n) is 5.70. The molecule has 2 aromatic heterocycles. The highest BCUT2D eigenvalue weighted by molar-refractivity contribution is 7.89. The summed E-state index contributed by atoms with van der Waals surface area (Å²) in [7, 11) is -0.250. The van der Waals surface area contributed by atoms with Crippen LogP contribution in [0.4, 0.5) is 0 Å². The van der Waals surface area contributed by atoms with Crippen LogP contribution in [0, 0.1) is 0 Å². The van der Waals surface area contributed by atoms with Crippen molar-refractivity contribution < 1.29 is 13.5 Å². The van der Waals surface area contributed by atoms with Gasteiger partial charge in [0.15, 0.2) is 0 Å². The molecule has 0 bridgehead atoms. The van der Waals surface area contributed by atoms with Crippen molar-refractivity contribution in [2.45, 2.75) is 18.0 Å². The Morgan fingerprint density at radius 1 is 1.47 bits per heavy atom. The summed E-state index contributed by atoms with van der Waals surface area (Å²) in [6.45, 7) is 0.171. The first-order valence-corrected chi connectivity index (χ1v) is 8.02. The number of aryl methyl sites for hydroxylation is 1. The zero-order valence-electron chi connectivity index (χ0n) is 10.8. The van der Waals surface area contributed by atoms with Crippen molar-refractivity contribution in [2.75, 3.05) is 7.05 Å². The maximum atomic E-state index is 12.4. The zero-order chi connectivity index (χ0) is 14.0. The molecule has 0 fully saturated rings. The molecule has 2 aromatic rings. The highest BCUT2D eigenvalue weighted by Crippen LogP contribution is 2.20. The van der Waals surface area contributed by atoms with Crippen LogP contribution in [0.25, 0.3) is 0 Å². The van der Waals surface area contributed by atoms with E-state index in [0.29, 0.717) is 12.2 Å². The fourth-order valence-electron chi connectivity index (χ4n) is 1.76. The van der Waals surface area contributed by atoms with Crippen LogP contribution in [0.5, 0.6) is 0 Å². The molecule has 0 aliphatic heterocycles. The Hall–Kier alpha value is -1.15. The van der Waals surface area contributed by atoms with Gasteiger partial charge in [-0.2, -0.15) is 4.31 Å². The molecule has 0 radical (unpaired) electrons. The molecule has 0 atom stereocenters. The summed E-state index contributed by atoms with van der Waals surface area (Å²) < 4.78 is 27.7. The Bertz CT molecular complexity index is 645. The fourth-order valence-corrected chi connectivity index (χ4v) is 3.85. The average Bonchev–Trinajstić information content (AvgIpc) is 2.98. The lowest BCUT2D eigenvalue weighted by Gasteiger charge is -2.15. The smallest absolute Gasteiger partial charge is 0.244 e. The lowest BCUT2D eigenvalue weighted by atomic mass is 10.5.